The first kappa shape index (κ1) is 14.0. The summed E-state index contributed by atoms with van der Waals surface area (Å²) in [5.41, 5.74) is 5.01. The maximum atomic E-state index is 13.9. The lowest BCUT2D eigenvalue weighted by Crippen LogP contribution is -2.30. The first-order valence-corrected chi connectivity index (χ1v) is 7.09. The zero-order valence-corrected chi connectivity index (χ0v) is 11.9. The third-order valence-electron chi connectivity index (χ3n) is 4.21. The average Bonchev–Trinajstić information content (AvgIpc) is 3.30. The van der Waals surface area contributed by atoms with Crippen LogP contribution in [0.3, 0.4) is 0 Å². The van der Waals surface area contributed by atoms with Gasteiger partial charge in [0.25, 0.3) is 0 Å². The summed E-state index contributed by atoms with van der Waals surface area (Å²) in [6.07, 6.45) is 1.06. The standard InChI is InChI=1S/C17H19FN2O/c1-21-16-8-7-12(9-15(16)18)17(20-19)14-10-13(14)11-5-3-2-4-6-11/h2-9,13-14,17,20H,10,19H2,1H3. The molecule has 1 fully saturated rings. The number of methoxy groups -OCH3 is 1. The van der Waals surface area contributed by atoms with Gasteiger partial charge in [0, 0.05) is 6.04 Å². The Morgan fingerprint density at radius 1 is 1.24 bits per heavy atom. The van der Waals surface area contributed by atoms with Crippen LogP contribution in [0, 0.1) is 11.7 Å². The highest BCUT2D eigenvalue weighted by molar-refractivity contribution is 5.34. The SMILES string of the molecule is COc1ccc(C(NN)C2CC2c2ccccc2)cc1F. The largest absolute Gasteiger partial charge is 0.494 e. The van der Waals surface area contributed by atoms with Gasteiger partial charge < -0.3 is 4.74 Å². The van der Waals surface area contributed by atoms with Gasteiger partial charge in [-0.2, -0.15) is 0 Å². The maximum absolute atomic E-state index is 13.9. The number of halogens is 1. The van der Waals surface area contributed by atoms with Gasteiger partial charge in [-0.1, -0.05) is 36.4 Å². The number of nitrogens with one attached hydrogen (secondary N) is 1. The second kappa shape index (κ2) is 5.84. The van der Waals surface area contributed by atoms with E-state index in [-0.39, 0.29) is 17.6 Å². The predicted octanol–water partition coefficient (Wildman–Crippen LogP) is 3.14. The number of benzene rings is 2. The summed E-state index contributed by atoms with van der Waals surface area (Å²) in [6, 6.07) is 15.3. The lowest BCUT2D eigenvalue weighted by Gasteiger charge is -2.17. The number of hydrogen-bond donors (Lipinski definition) is 2. The van der Waals surface area contributed by atoms with E-state index in [1.54, 1.807) is 6.07 Å². The lowest BCUT2D eigenvalue weighted by molar-refractivity contribution is 0.384. The van der Waals surface area contributed by atoms with Crippen molar-refractivity contribution in [2.75, 3.05) is 7.11 Å². The van der Waals surface area contributed by atoms with Crippen molar-refractivity contribution in [3.8, 4) is 5.75 Å². The summed E-state index contributed by atoms with van der Waals surface area (Å²) in [5.74, 6) is 6.48. The highest BCUT2D eigenvalue weighted by atomic mass is 19.1. The molecule has 3 nitrogen and oxygen atoms in total. The molecule has 3 N–H and O–H groups in total. The van der Waals surface area contributed by atoms with E-state index in [0.29, 0.717) is 11.8 Å². The molecule has 110 valence electrons. The summed E-state index contributed by atoms with van der Waals surface area (Å²) in [6.45, 7) is 0. The molecule has 3 atom stereocenters. The van der Waals surface area contributed by atoms with Crippen LogP contribution < -0.4 is 16.0 Å². The van der Waals surface area contributed by atoms with Crippen LogP contribution in [0.1, 0.15) is 29.5 Å². The van der Waals surface area contributed by atoms with Gasteiger partial charge in [0.2, 0.25) is 0 Å². The van der Waals surface area contributed by atoms with E-state index in [2.05, 4.69) is 17.6 Å². The molecule has 0 radical (unpaired) electrons. The molecule has 0 amide bonds. The van der Waals surface area contributed by atoms with Gasteiger partial charge in [-0.25, -0.2) is 4.39 Å². The summed E-state index contributed by atoms with van der Waals surface area (Å²) < 4.78 is 18.8. The molecule has 1 aliphatic rings. The van der Waals surface area contributed by atoms with E-state index >= 15 is 0 Å². The fourth-order valence-electron chi connectivity index (χ4n) is 3.01. The van der Waals surface area contributed by atoms with Gasteiger partial charge in [0.15, 0.2) is 11.6 Å². The Morgan fingerprint density at radius 3 is 2.62 bits per heavy atom. The van der Waals surface area contributed by atoms with Crippen LogP contribution in [0.2, 0.25) is 0 Å². The Hall–Kier alpha value is -1.91. The van der Waals surface area contributed by atoms with E-state index in [1.807, 2.05) is 24.3 Å². The molecule has 2 aromatic rings. The Morgan fingerprint density at radius 2 is 2.00 bits per heavy atom. The van der Waals surface area contributed by atoms with E-state index in [9.17, 15) is 4.39 Å². The third-order valence-corrected chi connectivity index (χ3v) is 4.21. The second-order valence-corrected chi connectivity index (χ2v) is 5.46. The summed E-state index contributed by atoms with van der Waals surface area (Å²) in [5, 5.41) is 0. The van der Waals surface area contributed by atoms with Crippen LogP contribution in [0.5, 0.6) is 5.75 Å². The predicted molar refractivity (Wildman–Crippen MR) is 80.3 cm³/mol. The molecule has 3 rings (SSSR count). The molecule has 3 unspecified atom stereocenters. The minimum Gasteiger partial charge on any atom is -0.494 e. The molecule has 0 bridgehead atoms. The Balaban J connectivity index is 1.79. The van der Waals surface area contributed by atoms with Gasteiger partial charge in [-0.05, 0) is 41.5 Å². The van der Waals surface area contributed by atoms with Crippen LogP contribution in [0.4, 0.5) is 4.39 Å². The molecular weight excluding hydrogens is 267 g/mol. The number of nitrogens with two attached hydrogens (primary N) is 1. The van der Waals surface area contributed by atoms with Gasteiger partial charge in [-0.3, -0.25) is 11.3 Å². The molecule has 21 heavy (non-hydrogen) atoms. The normalized spacial score (nSPS) is 21.9. The molecule has 1 aliphatic carbocycles. The van der Waals surface area contributed by atoms with Crippen LogP contribution in [-0.4, -0.2) is 7.11 Å². The molecule has 2 aromatic carbocycles. The molecule has 1 saturated carbocycles. The Bertz CT molecular complexity index is 617. The monoisotopic (exact) mass is 286 g/mol. The van der Waals surface area contributed by atoms with E-state index in [1.165, 1.54) is 18.7 Å². The van der Waals surface area contributed by atoms with Gasteiger partial charge in [-0.15, -0.1) is 0 Å². The van der Waals surface area contributed by atoms with E-state index in [0.717, 1.165) is 12.0 Å². The molecule has 0 heterocycles. The highest BCUT2D eigenvalue weighted by Gasteiger charge is 2.44. The van der Waals surface area contributed by atoms with Crippen molar-refractivity contribution < 1.29 is 9.13 Å². The first-order valence-electron chi connectivity index (χ1n) is 7.09. The van der Waals surface area contributed by atoms with Gasteiger partial charge >= 0.3 is 0 Å². The maximum Gasteiger partial charge on any atom is 0.165 e. The molecule has 0 aromatic heterocycles. The van der Waals surface area contributed by atoms with Crippen LogP contribution in [-0.2, 0) is 0 Å². The van der Waals surface area contributed by atoms with Crippen LogP contribution in [0.15, 0.2) is 48.5 Å². The van der Waals surface area contributed by atoms with E-state index in [4.69, 9.17) is 10.6 Å². The summed E-state index contributed by atoms with van der Waals surface area (Å²) in [4.78, 5) is 0. The number of hydrazine groups is 1. The second-order valence-electron chi connectivity index (χ2n) is 5.46. The van der Waals surface area contributed by atoms with Crippen LogP contribution >= 0.6 is 0 Å². The lowest BCUT2D eigenvalue weighted by atomic mass is 9.99. The van der Waals surface area contributed by atoms with E-state index < -0.39 is 0 Å². The zero-order chi connectivity index (χ0) is 14.8. The molecule has 4 heteroatoms. The van der Waals surface area contributed by atoms with Crippen molar-refractivity contribution in [1.82, 2.24) is 5.43 Å². The van der Waals surface area contributed by atoms with Crippen molar-refractivity contribution in [1.29, 1.82) is 0 Å². The summed E-state index contributed by atoms with van der Waals surface area (Å²) in [7, 11) is 1.46. The molecular formula is C17H19FN2O. The Labute approximate surface area is 123 Å². The Kier molecular flexibility index (Phi) is 3.90. The zero-order valence-electron chi connectivity index (χ0n) is 11.9. The minimum absolute atomic E-state index is 0.0457. The first-order chi connectivity index (χ1) is 10.2. The fourth-order valence-corrected chi connectivity index (χ4v) is 3.01. The van der Waals surface area contributed by atoms with Gasteiger partial charge in [0.05, 0.1) is 7.11 Å². The van der Waals surface area contributed by atoms with Crippen molar-refractivity contribution >= 4 is 0 Å². The minimum atomic E-state index is -0.354. The average molecular weight is 286 g/mol. The highest BCUT2D eigenvalue weighted by Crippen LogP contribution is 2.53. The topological polar surface area (TPSA) is 47.3 Å². The molecule has 0 saturated heterocycles. The number of rotatable bonds is 5. The molecule has 0 spiro atoms. The smallest absolute Gasteiger partial charge is 0.165 e. The van der Waals surface area contributed by atoms with Crippen molar-refractivity contribution in [2.45, 2.75) is 18.4 Å². The van der Waals surface area contributed by atoms with Crippen molar-refractivity contribution in [3.05, 3.63) is 65.5 Å². The number of ether oxygens (including phenoxy) is 1. The third kappa shape index (κ3) is 2.77. The van der Waals surface area contributed by atoms with Crippen LogP contribution in [0.25, 0.3) is 0 Å². The van der Waals surface area contributed by atoms with Gasteiger partial charge in [0.1, 0.15) is 0 Å². The summed E-state index contributed by atoms with van der Waals surface area (Å²) >= 11 is 0. The fraction of sp³-hybridized carbons (Fsp3) is 0.294. The van der Waals surface area contributed by atoms with Crippen molar-refractivity contribution in [3.63, 3.8) is 0 Å². The quantitative estimate of drug-likeness (QED) is 0.655. The number of hydrogen-bond acceptors (Lipinski definition) is 3. The molecule has 0 aliphatic heterocycles. The van der Waals surface area contributed by atoms with Crippen molar-refractivity contribution in [2.24, 2.45) is 11.8 Å².